The van der Waals surface area contributed by atoms with Gasteiger partial charge in [0.05, 0.1) is 0 Å². The van der Waals surface area contributed by atoms with E-state index in [0.29, 0.717) is 11.0 Å². The number of likely N-dealkylation sites (N-methyl/N-ethyl adjacent to an activating group) is 1. The topological polar surface area (TPSA) is 29.5 Å². The van der Waals surface area contributed by atoms with Gasteiger partial charge in [-0.15, -0.1) is 0 Å². The average molecular weight is 290 g/mol. The van der Waals surface area contributed by atoms with Crippen LogP contribution in [0.1, 0.15) is 6.92 Å². The van der Waals surface area contributed by atoms with E-state index in [1.807, 2.05) is 6.92 Å². The molecule has 0 N–H and O–H groups in total. The molecule has 1 aromatic carbocycles. The molecule has 88 valence electrons. The Morgan fingerprint density at radius 2 is 2.25 bits per heavy atom. The monoisotopic (exact) mass is 289 g/mol. The van der Waals surface area contributed by atoms with Crippen molar-refractivity contribution < 1.29 is 13.9 Å². The number of carbonyl (C=O) groups is 1. The molecule has 0 unspecified atom stereocenters. The number of carbonyl (C=O) groups excluding carboxylic acids is 1. The molecule has 0 heterocycles. The summed E-state index contributed by atoms with van der Waals surface area (Å²) in [6, 6.07) is 4.35. The van der Waals surface area contributed by atoms with Crippen molar-refractivity contribution in [1.82, 2.24) is 4.90 Å². The number of hydrogen-bond donors (Lipinski definition) is 0. The maximum atomic E-state index is 13.2. The minimum atomic E-state index is -0.477. The number of benzene rings is 1. The first-order valence-corrected chi connectivity index (χ1v) is 5.65. The van der Waals surface area contributed by atoms with E-state index >= 15 is 0 Å². The summed E-state index contributed by atoms with van der Waals surface area (Å²) in [5, 5.41) is 0. The first-order chi connectivity index (χ1) is 7.54. The van der Waals surface area contributed by atoms with Crippen LogP contribution >= 0.6 is 15.9 Å². The van der Waals surface area contributed by atoms with E-state index in [4.69, 9.17) is 4.74 Å². The lowest BCUT2D eigenvalue weighted by Crippen LogP contribution is -2.31. The Hall–Kier alpha value is -1.10. The summed E-state index contributed by atoms with van der Waals surface area (Å²) in [6.07, 6.45) is 0. The standard InChI is InChI=1S/C11H13BrFNO2/c1-3-14(2)11(15)7-16-10-6-8(12)4-5-9(10)13/h4-6H,3,7H2,1-2H3. The molecule has 1 amide bonds. The molecule has 0 saturated heterocycles. The third kappa shape index (κ3) is 3.48. The van der Waals surface area contributed by atoms with Crippen LogP contribution in [0.3, 0.4) is 0 Å². The molecule has 0 aliphatic rings. The molecule has 5 heteroatoms. The van der Waals surface area contributed by atoms with Crippen LogP contribution < -0.4 is 4.74 Å². The van der Waals surface area contributed by atoms with Crippen molar-refractivity contribution in [2.45, 2.75) is 6.92 Å². The fourth-order valence-electron chi connectivity index (χ4n) is 1.01. The number of hydrogen-bond acceptors (Lipinski definition) is 2. The van der Waals surface area contributed by atoms with Crippen LogP contribution in [0.5, 0.6) is 5.75 Å². The molecule has 0 fully saturated rings. The van der Waals surface area contributed by atoms with Crippen LogP contribution in [0, 0.1) is 5.82 Å². The Balaban J connectivity index is 2.61. The van der Waals surface area contributed by atoms with Crippen molar-refractivity contribution >= 4 is 21.8 Å². The van der Waals surface area contributed by atoms with Gasteiger partial charge < -0.3 is 9.64 Å². The molecule has 0 spiro atoms. The van der Waals surface area contributed by atoms with Gasteiger partial charge in [-0.2, -0.15) is 0 Å². The fraction of sp³-hybridized carbons (Fsp3) is 0.364. The van der Waals surface area contributed by atoms with Gasteiger partial charge in [-0.3, -0.25) is 4.79 Å². The highest BCUT2D eigenvalue weighted by Gasteiger charge is 2.10. The molecule has 1 rings (SSSR count). The van der Waals surface area contributed by atoms with Gasteiger partial charge in [0.15, 0.2) is 18.2 Å². The zero-order chi connectivity index (χ0) is 12.1. The van der Waals surface area contributed by atoms with E-state index < -0.39 is 5.82 Å². The van der Waals surface area contributed by atoms with Gasteiger partial charge in [-0.25, -0.2) is 4.39 Å². The van der Waals surface area contributed by atoms with Crippen molar-refractivity contribution in [2.24, 2.45) is 0 Å². The second-order valence-corrected chi connectivity index (χ2v) is 4.19. The summed E-state index contributed by atoms with van der Waals surface area (Å²) in [5.41, 5.74) is 0. The van der Waals surface area contributed by atoms with Crippen molar-refractivity contribution in [2.75, 3.05) is 20.2 Å². The van der Waals surface area contributed by atoms with E-state index in [0.717, 1.165) is 0 Å². The lowest BCUT2D eigenvalue weighted by molar-refractivity contribution is -0.131. The smallest absolute Gasteiger partial charge is 0.260 e. The molecular formula is C11H13BrFNO2. The molecule has 0 saturated carbocycles. The van der Waals surface area contributed by atoms with Gasteiger partial charge in [-0.05, 0) is 25.1 Å². The number of amides is 1. The van der Waals surface area contributed by atoms with Gasteiger partial charge in [-0.1, -0.05) is 15.9 Å². The Morgan fingerprint density at radius 3 is 2.88 bits per heavy atom. The Bertz CT molecular complexity index is 384. The lowest BCUT2D eigenvalue weighted by Gasteiger charge is -2.15. The van der Waals surface area contributed by atoms with Gasteiger partial charge in [0.25, 0.3) is 5.91 Å². The summed E-state index contributed by atoms with van der Waals surface area (Å²) >= 11 is 3.20. The fourth-order valence-corrected chi connectivity index (χ4v) is 1.35. The zero-order valence-electron chi connectivity index (χ0n) is 9.17. The predicted octanol–water partition coefficient (Wildman–Crippen LogP) is 2.45. The number of nitrogens with zero attached hydrogens (tertiary/aromatic N) is 1. The average Bonchev–Trinajstić information content (AvgIpc) is 2.28. The first kappa shape index (κ1) is 13.0. The maximum Gasteiger partial charge on any atom is 0.260 e. The Labute approximate surface area is 102 Å². The molecule has 16 heavy (non-hydrogen) atoms. The number of ether oxygens (including phenoxy) is 1. The minimum absolute atomic E-state index is 0.0761. The summed E-state index contributed by atoms with van der Waals surface area (Å²) in [7, 11) is 1.67. The number of rotatable bonds is 4. The van der Waals surface area contributed by atoms with E-state index in [9.17, 15) is 9.18 Å². The van der Waals surface area contributed by atoms with E-state index in [2.05, 4.69) is 15.9 Å². The van der Waals surface area contributed by atoms with Crippen LogP contribution in [-0.4, -0.2) is 31.0 Å². The molecule has 1 aromatic rings. The van der Waals surface area contributed by atoms with E-state index in [-0.39, 0.29) is 18.3 Å². The zero-order valence-corrected chi connectivity index (χ0v) is 10.8. The van der Waals surface area contributed by atoms with Gasteiger partial charge in [0, 0.05) is 18.1 Å². The highest BCUT2D eigenvalue weighted by molar-refractivity contribution is 9.10. The SMILES string of the molecule is CCN(C)C(=O)COc1cc(Br)ccc1F. The highest BCUT2D eigenvalue weighted by Crippen LogP contribution is 2.22. The number of halogens is 2. The molecule has 3 nitrogen and oxygen atoms in total. The quantitative estimate of drug-likeness (QED) is 0.852. The van der Waals surface area contributed by atoms with Gasteiger partial charge >= 0.3 is 0 Å². The van der Waals surface area contributed by atoms with Crippen molar-refractivity contribution in [3.63, 3.8) is 0 Å². The van der Waals surface area contributed by atoms with Crippen LogP contribution in [0.15, 0.2) is 22.7 Å². The summed E-state index contributed by atoms with van der Waals surface area (Å²) in [6.45, 7) is 2.30. The first-order valence-electron chi connectivity index (χ1n) is 4.86. The second kappa shape index (κ2) is 5.84. The van der Waals surface area contributed by atoms with Crippen molar-refractivity contribution in [3.05, 3.63) is 28.5 Å². The summed E-state index contributed by atoms with van der Waals surface area (Å²) in [5.74, 6) is -0.579. The van der Waals surface area contributed by atoms with Crippen molar-refractivity contribution in [1.29, 1.82) is 0 Å². The molecule has 0 bridgehead atoms. The summed E-state index contributed by atoms with van der Waals surface area (Å²) < 4.78 is 19.0. The molecule has 0 aliphatic heterocycles. The molecule has 0 aromatic heterocycles. The Morgan fingerprint density at radius 1 is 1.56 bits per heavy atom. The third-order valence-corrected chi connectivity index (χ3v) is 2.64. The third-order valence-electron chi connectivity index (χ3n) is 2.14. The lowest BCUT2D eigenvalue weighted by atomic mass is 10.3. The second-order valence-electron chi connectivity index (χ2n) is 3.27. The van der Waals surface area contributed by atoms with Gasteiger partial charge in [0.1, 0.15) is 0 Å². The van der Waals surface area contributed by atoms with Crippen LogP contribution in [-0.2, 0) is 4.79 Å². The van der Waals surface area contributed by atoms with Crippen LogP contribution in [0.4, 0.5) is 4.39 Å². The normalized spacial score (nSPS) is 10.0. The molecule has 0 atom stereocenters. The minimum Gasteiger partial charge on any atom is -0.481 e. The predicted molar refractivity (Wildman–Crippen MR) is 62.9 cm³/mol. The van der Waals surface area contributed by atoms with E-state index in [1.54, 1.807) is 13.1 Å². The largest absolute Gasteiger partial charge is 0.481 e. The molecular weight excluding hydrogens is 277 g/mol. The molecule has 0 radical (unpaired) electrons. The Kier molecular flexibility index (Phi) is 4.73. The highest BCUT2D eigenvalue weighted by atomic mass is 79.9. The maximum absolute atomic E-state index is 13.2. The summed E-state index contributed by atoms with van der Waals surface area (Å²) in [4.78, 5) is 12.9. The van der Waals surface area contributed by atoms with Gasteiger partial charge in [0.2, 0.25) is 0 Å². The van der Waals surface area contributed by atoms with Crippen LogP contribution in [0.2, 0.25) is 0 Å². The van der Waals surface area contributed by atoms with Crippen LogP contribution in [0.25, 0.3) is 0 Å². The van der Waals surface area contributed by atoms with Crippen molar-refractivity contribution in [3.8, 4) is 5.75 Å². The molecule has 0 aliphatic carbocycles. The van der Waals surface area contributed by atoms with E-state index in [1.165, 1.54) is 17.0 Å².